The van der Waals surface area contributed by atoms with Gasteiger partial charge in [-0.05, 0) is 24.3 Å². The van der Waals surface area contributed by atoms with Crippen LogP contribution in [0.1, 0.15) is 6.42 Å². The molecule has 0 aliphatic carbocycles. The molecule has 5 rings (SSSR count). The highest BCUT2D eigenvalue weighted by Crippen LogP contribution is 2.38. The maximum Gasteiger partial charge on any atom is 0.262 e. The predicted octanol–water partition coefficient (Wildman–Crippen LogP) is 1.35. The summed E-state index contributed by atoms with van der Waals surface area (Å²) in [5, 5.41) is 2.57. The Hall–Kier alpha value is -3.75. The summed E-state index contributed by atoms with van der Waals surface area (Å²) in [6.07, 6.45) is -0.720. The molecule has 0 spiro atoms. The zero-order chi connectivity index (χ0) is 22.2. The topological polar surface area (TPSA) is 97.4 Å². The van der Waals surface area contributed by atoms with E-state index in [1.165, 1.54) is 7.05 Å². The van der Waals surface area contributed by atoms with Gasteiger partial charge in [-0.15, -0.1) is 0 Å². The van der Waals surface area contributed by atoms with E-state index >= 15 is 0 Å². The number of hydrogen-bond acceptors (Lipinski definition) is 6. The largest absolute Gasteiger partial charge is 0.486 e. The molecule has 1 fully saturated rings. The standard InChI is InChI=1S/C23H23N3O6/c1-24-22(28)20-13-26(16-4-2-3-5-17(16)32-20)23(29)14-10-21(27)25(12-14)15-6-7-18-19(11-15)31-9-8-30-18/h2-7,11,14,20H,8-10,12-13H2,1H3,(H,24,28)/t14-,20-/m0/s1. The zero-order valence-electron chi connectivity index (χ0n) is 17.6. The molecule has 3 aliphatic heterocycles. The number of rotatable bonds is 3. The molecular weight excluding hydrogens is 414 g/mol. The van der Waals surface area contributed by atoms with Crippen LogP contribution in [0.15, 0.2) is 42.5 Å². The van der Waals surface area contributed by atoms with Crippen molar-refractivity contribution in [2.24, 2.45) is 5.92 Å². The van der Waals surface area contributed by atoms with Crippen LogP contribution >= 0.6 is 0 Å². The van der Waals surface area contributed by atoms with Gasteiger partial charge in [-0.2, -0.15) is 0 Å². The van der Waals surface area contributed by atoms with Crippen molar-refractivity contribution in [2.75, 3.05) is 43.2 Å². The van der Waals surface area contributed by atoms with Gasteiger partial charge in [0.2, 0.25) is 11.8 Å². The molecule has 2 atom stereocenters. The first kappa shape index (κ1) is 20.2. The minimum absolute atomic E-state index is 0.0875. The number of benzene rings is 2. The summed E-state index contributed by atoms with van der Waals surface area (Å²) < 4.78 is 17.0. The molecule has 3 aliphatic rings. The van der Waals surface area contributed by atoms with Gasteiger partial charge in [0.1, 0.15) is 19.0 Å². The van der Waals surface area contributed by atoms with Crippen LogP contribution in [0.3, 0.4) is 0 Å². The summed E-state index contributed by atoms with van der Waals surface area (Å²) in [5.74, 6) is 0.516. The third-order valence-electron chi connectivity index (χ3n) is 5.89. The summed E-state index contributed by atoms with van der Waals surface area (Å²) in [7, 11) is 1.53. The fourth-order valence-corrected chi connectivity index (χ4v) is 4.28. The molecule has 3 heterocycles. The number of nitrogens with zero attached hydrogens (tertiary/aromatic N) is 2. The van der Waals surface area contributed by atoms with Gasteiger partial charge in [0, 0.05) is 31.8 Å². The Labute approximate surface area is 184 Å². The Morgan fingerprint density at radius 2 is 1.78 bits per heavy atom. The zero-order valence-corrected chi connectivity index (χ0v) is 17.6. The first-order valence-electron chi connectivity index (χ1n) is 10.5. The third kappa shape index (κ3) is 3.49. The van der Waals surface area contributed by atoms with Gasteiger partial charge in [-0.25, -0.2) is 0 Å². The van der Waals surface area contributed by atoms with Crippen molar-refractivity contribution >= 4 is 29.1 Å². The Balaban J connectivity index is 1.38. The number of fused-ring (bicyclic) bond motifs is 2. The van der Waals surface area contributed by atoms with Gasteiger partial charge in [0.05, 0.1) is 18.2 Å². The molecule has 0 bridgehead atoms. The molecule has 166 valence electrons. The van der Waals surface area contributed by atoms with Crippen molar-refractivity contribution in [3.8, 4) is 17.2 Å². The second kappa shape index (κ2) is 8.07. The van der Waals surface area contributed by atoms with Gasteiger partial charge >= 0.3 is 0 Å². The van der Waals surface area contributed by atoms with Gasteiger partial charge in [0.25, 0.3) is 5.91 Å². The fraction of sp³-hybridized carbons (Fsp3) is 0.348. The minimum Gasteiger partial charge on any atom is -0.486 e. The number of amides is 3. The smallest absolute Gasteiger partial charge is 0.262 e. The lowest BCUT2D eigenvalue weighted by molar-refractivity contribution is -0.128. The SMILES string of the molecule is CNC(=O)[C@@H]1CN(C(=O)[C@H]2CC(=O)N(c3ccc4c(c3)OCCO4)C2)c2ccccc2O1. The highest BCUT2D eigenvalue weighted by atomic mass is 16.6. The molecule has 0 unspecified atom stereocenters. The Bertz CT molecular complexity index is 1090. The van der Waals surface area contributed by atoms with Crippen LogP contribution in [0.4, 0.5) is 11.4 Å². The molecule has 2 aromatic carbocycles. The van der Waals surface area contributed by atoms with Crippen LogP contribution in [-0.2, 0) is 14.4 Å². The van der Waals surface area contributed by atoms with Gasteiger partial charge in [-0.1, -0.05) is 12.1 Å². The number of nitrogens with one attached hydrogen (secondary N) is 1. The lowest BCUT2D eigenvalue weighted by Gasteiger charge is -2.35. The highest BCUT2D eigenvalue weighted by Gasteiger charge is 2.41. The average Bonchev–Trinajstić information content (AvgIpc) is 3.23. The molecule has 1 saturated heterocycles. The van der Waals surface area contributed by atoms with E-state index in [0.717, 1.165) is 0 Å². The monoisotopic (exact) mass is 437 g/mol. The van der Waals surface area contributed by atoms with Crippen LogP contribution in [0.2, 0.25) is 0 Å². The maximum atomic E-state index is 13.5. The average molecular weight is 437 g/mol. The van der Waals surface area contributed by atoms with Crippen LogP contribution in [-0.4, -0.2) is 57.2 Å². The number of ether oxygens (including phenoxy) is 3. The van der Waals surface area contributed by atoms with E-state index in [1.807, 2.05) is 6.07 Å². The van der Waals surface area contributed by atoms with Crippen LogP contribution in [0.5, 0.6) is 17.2 Å². The molecule has 9 nitrogen and oxygen atoms in total. The predicted molar refractivity (Wildman–Crippen MR) is 115 cm³/mol. The first-order valence-corrected chi connectivity index (χ1v) is 10.5. The highest BCUT2D eigenvalue weighted by molar-refractivity contribution is 6.05. The van der Waals surface area contributed by atoms with E-state index in [1.54, 1.807) is 46.2 Å². The molecule has 9 heteroatoms. The summed E-state index contributed by atoms with van der Waals surface area (Å²) >= 11 is 0. The van der Waals surface area contributed by atoms with Crippen LogP contribution in [0.25, 0.3) is 0 Å². The molecule has 2 aromatic rings. The summed E-state index contributed by atoms with van der Waals surface area (Å²) in [5.41, 5.74) is 1.27. The van der Waals surface area contributed by atoms with Gasteiger partial charge in [0.15, 0.2) is 17.6 Å². The molecule has 0 radical (unpaired) electrons. The number of carbonyl (C=O) groups is 3. The van der Waals surface area contributed by atoms with E-state index < -0.39 is 12.0 Å². The summed E-state index contributed by atoms with van der Waals surface area (Å²) in [6.45, 7) is 1.28. The van der Waals surface area contributed by atoms with Crippen molar-refractivity contribution in [3.63, 3.8) is 0 Å². The molecular formula is C23H23N3O6. The number of hydrogen-bond donors (Lipinski definition) is 1. The molecule has 1 N–H and O–H groups in total. The van der Waals surface area contributed by atoms with Gasteiger partial charge in [-0.3, -0.25) is 14.4 Å². The maximum absolute atomic E-state index is 13.5. The van der Waals surface area contributed by atoms with Crippen molar-refractivity contribution < 1.29 is 28.6 Å². The number of likely N-dealkylation sites (N-methyl/N-ethyl adjacent to an activating group) is 1. The Morgan fingerprint density at radius 3 is 2.59 bits per heavy atom. The minimum atomic E-state index is -0.815. The number of anilines is 2. The quantitative estimate of drug-likeness (QED) is 0.779. The second-order valence-corrected chi connectivity index (χ2v) is 7.87. The van der Waals surface area contributed by atoms with Crippen molar-refractivity contribution in [1.29, 1.82) is 0 Å². The second-order valence-electron chi connectivity index (χ2n) is 7.87. The van der Waals surface area contributed by atoms with E-state index in [-0.39, 0.29) is 37.2 Å². The lowest BCUT2D eigenvalue weighted by Crippen LogP contribution is -2.51. The van der Waals surface area contributed by atoms with E-state index in [2.05, 4.69) is 5.32 Å². The van der Waals surface area contributed by atoms with E-state index in [0.29, 0.717) is 41.8 Å². The van der Waals surface area contributed by atoms with Crippen LogP contribution < -0.4 is 29.3 Å². The molecule has 3 amide bonds. The van der Waals surface area contributed by atoms with E-state index in [9.17, 15) is 14.4 Å². The number of para-hydroxylation sites is 2. The lowest BCUT2D eigenvalue weighted by atomic mass is 10.0. The molecule has 32 heavy (non-hydrogen) atoms. The van der Waals surface area contributed by atoms with E-state index in [4.69, 9.17) is 14.2 Å². The van der Waals surface area contributed by atoms with Crippen molar-refractivity contribution in [3.05, 3.63) is 42.5 Å². The Morgan fingerprint density at radius 1 is 1.00 bits per heavy atom. The normalized spacial score (nSPS) is 21.6. The third-order valence-corrected chi connectivity index (χ3v) is 5.89. The van der Waals surface area contributed by atoms with Gasteiger partial charge < -0.3 is 29.3 Å². The van der Waals surface area contributed by atoms with Crippen molar-refractivity contribution in [1.82, 2.24) is 5.32 Å². The molecule has 0 aromatic heterocycles. The fourth-order valence-electron chi connectivity index (χ4n) is 4.28. The number of carbonyl (C=O) groups excluding carboxylic acids is 3. The Kier molecular flexibility index (Phi) is 5.08. The van der Waals surface area contributed by atoms with Crippen LogP contribution in [0, 0.1) is 5.92 Å². The first-order chi connectivity index (χ1) is 15.5. The van der Waals surface area contributed by atoms with Crippen molar-refractivity contribution in [2.45, 2.75) is 12.5 Å². The molecule has 0 saturated carbocycles. The summed E-state index contributed by atoms with van der Waals surface area (Å²) in [4.78, 5) is 41.7. The summed E-state index contributed by atoms with van der Waals surface area (Å²) in [6, 6.07) is 12.4.